The maximum absolute atomic E-state index is 13.1. The van der Waals surface area contributed by atoms with Gasteiger partial charge >= 0.3 is 0 Å². The molecule has 2 heterocycles. The molecule has 0 fully saturated rings. The minimum absolute atomic E-state index is 0.0235. The number of aliphatic hydroxyl groups is 1. The quantitative estimate of drug-likeness (QED) is 0.832. The zero-order chi connectivity index (χ0) is 17.1. The number of para-hydroxylation sites is 1. The van der Waals surface area contributed by atoms with Crippen LogP contribution in [0.5, 0.6) is 23.0 Å². The molecule has 0 radical (unpaired) electrons. The number of Topliss-reactive ketones (excluding diaryl/α,β-unsaturated/α-hetero) is 1. The van der Waals surface area contributed by atoms with Crippen LogP contribution in [0.2, 0.25) is 0 Å². The van der Waals surface area contributed by atoms with Crippen LogP contribution in [0, 0.1) is 6.92 Å². The van der Waals surface area contributed by atoms with E-state index in [0.29, 0.717) is 22.6 Å². The van der Waals surface area contributed by atoms with Gasteiger partial charge in [0.25, 0.3) is 0 Å². The number of hydrogen-bond donors (Lipinski definition) is 2. The number of hydrogen-bond acceptors (Lipinski definition) is 6. The first kappa shape index (κ1) is 14.8. The lowest BCUT2D eigenvalue weighted by Gasteiger charge is -2.43. The van der Waals surface area contributed by atoms with E-state index in [4.69, 9.17) is 14.2 Å². The van der Waals surface area contributed by atoms with Crippen LogP contribution in [0.25, 0.3) is 0 Å². The average Bonchev–Trinajstić information content (AvgIpc) is 2.59. The van der Waals surface area contributed by atoms with Crippen LogP contribution in [0.1, 0.15) is 21.5 Å². The second kappa shape index (κ2) is 4.88. The number of phenolic OH excluding ortho intramolecular Hbond substituents is 1. The first-order chi connectivity index (χ1) is 11.5. The lowest BCUT2D eigenvalue weighted by molar-refractivity contribution is -0.0801. The van der Waals surface area contributed by atoms with Gasteiger partial charge in [0, 0.05) is 17.2 Å². The molecule has 0 saturated heterocycles. The molecule has 0 aromatic heterocycles. The Morgan fingerprint density at radius 2 is 2.04 bits per heavy atom. The zero-order valence-corrected chi connectivity index (χ0v) is 13.2. The van der Waals surface area contributed by atoms with Crippen molar-refractivity contribution in [2.24, 2.45) is 0 Å². The number of benzene rings is 2. The van der Waals surface area contributed by atoms with E-state index in [9.17, 15) is 15.0 Å². The van der Waals surface area contributed by atoms with Gasteiger partial charge in [-0.3, -0.25) is 4.79 Å². The number of rotatable bonds is 1. The molecule has 6 nitrogen and oxygen atoms in total. The number of fused-ring (bicyclic) bond motifs is 4. The van der Waals surface area contributed by atoms with E-state index in [2.05, 4.69) is 0 Å². The van der Waals surface area contributed by atoms with E-state index >= 15 is 0 Å². The maximum Gasteiger partial charge on any atom is 0.210 e. The zero-order valence-electron chi connectivity index (χ0n) is 13.2. The summed E-state index contributed by atoms with van der Waals surface area (Å²) in [7, 11) is 1.47. The summed E-state index contributed by atoms with van der Waals surface area (Å²) >= 11 is 0. The minimum atomic E-state index is -1.90. The second-order valence-corrected chi connectivity index (χ2v) is 5.93. The number of ether oxygens (including phenoxy) is 3. The first-order valence-corrected chi connectivity index (χ1v) is 7.55. The highest BCUT2D eigenvalue weighted by Gasteiger charge is 2.56. The van der Waals surface area contributed by atoms with Crippen molar-refractivity contribution in [1.82, 2.24) is 0 Å². The van der Waals surface area contributed by atoms with E-state index < -0.39 is 17.5 Å². The molecule has 0 spiro atoms. The van der Waals surface area contributed by atoms with Crippen LogP contribution in [0.4, 0.5) is 0 Å². The summed E-state index contributed by atoms with van der Waals surface area (Å²) in [5.41, 5.74) is -1.19. The number of ketones is 1. The fourth-order valence-electron chi connectivity index (χ4n) is 3.34. The fourth-order valence-corrected chi connectivity index (χ4v) is 3.34. The number of carbonyl (C=O) groups excluding carboxylic acids is 1. The maximum atomic E-state index is 13.1. The van der Waals surface area contributed by atoms with Crippen LogP contribution in [0.3, 0.4) is 0 Å². The van der Waals surface area contributed by atoms with Gasteiger partial charge in [-0.05, 0) is 13.0 Å². The van der Waals surface area contributed by atoms with Crippen molar-refractivity contribution < 1.29 is 29.2 Å². The van der Waals surface area contributed by atoms with Crippen LogP contribution in [-0.4, -0.2) is 35.8 Å². The van der Waals surface area contributed by atoms with E-state index in [1.807, 2.05) is 0 Å². The molecule has 2 aliphatic rings. The molecule has 4 rings (SSSR count). The highest BCUT2D eigenvalue weighted by molar-refractivity contribution is 6.09. The van der Waals surface area contributed by atoms with Crippen molar-refractivity contribution in [3.8, 4) is 23.0 Å². The number of aromatic hydroxyl groups is 1. The number of methoxy groups -OCH3 is 1. The normalized spacial score (nSPS) is 24.1. The third-order valence-corrected chi connectivity index (χ3v) is 4.69. The SMILES string of the molecule is COc1cc2c(c(O)c1C)C(=O)[C@@]1(O)c3ccccc3OC[C@@H]1O2. The summed E-state index contributed by atoms with van der Waals surface area (Å²) in [5, 5.41) is 21.7. The molecule has 2 aliphatic heterocycles. The summed E-state index contributed by atoms with van der Waals surface area (Å²) in [4.78, 5) is 13.1. The molecule has 2 N–H and O–H groups in total. The summed E-state index contributed by atoms with van der Waals surface area (Å²) in [6.45, 7) is 1.66. The molecular formula is C18H16O6. The Kier molecular flexibility index (Phi) is 3.02. The summed E-state index contributed by atoms with van der Waals surface area (Å²) in [5.74, 6) is 0.165. The first-order valence-electron chi connectivity index (χ1n) is 7.55. The molecule has 0 saturated carbocycles. The standard InChI is InChI=1S/C18H16O6/c1-9-12(22-2)7-13-15(16(9)19)17(20)18(21)10-5-3-4-6-11(10)23-8-14(18)24-13/h3-7,14,19,21H,8H2,1-2H3/t14-,18+/m0/s1. The lowest BCUT2D eigenvalue weighted by atomic mass is 9.77. The lowest BCUT2D eigenvalue weighted by Crippen LogP contribution is -2.57. The predicted molar refractivity (Wildman–Crippen MR) is 84.0 cm³/mol. The monoisotopic (exact) mass is 328 g/mol. The van der Waals surface area contributed by atoms with Gasteiger partial charge in [-0.25, -0.2) is 0 Å². The van der Waals surface area contributed by atoms with Crippen LogP contribution >= 0.6 is 0 Å². The summed E-state index contributed by atoms with van der Waals surface area (Å²) < 4.78 is 16.6. The second-order valence-electron chi connectivity index (χ2n) is 5.93. The third-order valence-electron chi connectivity index (χ3n) is 4.69. The summed E-state index contributed by atoms with van der Waals surface area (Å²) in [6, 6.07) is 8.33. The Bertz CT molecular complexity index is 859. The van der Waals surface area contributed by atoms with Crippen molar-refractivity contribution in [1.29, 1.82) is 0 Å². The van der Waals surface area contributed by atoms with Gasteiger partial charge < -0.3 is 24.4 Å². The highest BCUT2D eigenvalue weighted by atomic mass is 16.6. The van der Waals surface area contributed by atoms with Crippen molar-refractivity contribution >= 4 is 5.78 Å². The third kappa shape index (κ3) is 1.71. The van der Waals surface area contributed by atoms with Crippen LogP contribution in [-0.2, 0) is 5.60 Å². The van der Waals surface area contributed by atoms with Gasteiger partial charge in [-0.1, -0.05) is 18.2 Å². The van der Waals surface area contributed by atoms with E-state index in [1.54, 1.807) is 37.3 Å². The minimum Gasteiger partial charge on any atom is -0.507 e. The van der Waals surface area contributed by atoms with Crippen molar-refractivity contribution in [2.75, 3.05) is 13.7 Å². The fraction of sp³-hybridized carbons (Fsp3) is 0.278. The van der Waals surface area contributed by atoms with Crippen molar-refractivity contribution in [3.63, 3.8) is 0 Å². The van der Waals surface area contributed by atoms with Gasteiger partial charge in [0.1, 0.15) is 35.2 Å². The van der Waals surface area contributed by atoms with Gasteiger partial charge in [-0.2, -0.15) is 0 Å². The van der Waals surface area contributed by atoms with Crippen molar-refractivity contribution in [2.45, 2.75) is 18.6 Å². The molecule has 124 valence electrons. The highest BCUT2D eigenvalue weighted by Crippen LogP contribution is 2.49. The molecule has 0 amide bonds. The molecule has 2 aromatic carbocycles. The van der Waals surface area contributed by atoms with Gasteiger partial charge in [0.05, 0.1) is 7.11 Å². The van der Waals surface area contributed by atoms with E-state index in [-0.39, 0.29) is 23.7 Å². The Labute approximate surface area is 138 Å². The van der Waals surface area contributed by atoms with Crippen LogP contribution < -0.4 is 14.2 Å². The van der Waals surface area contributed by atoms with Gasteiger partial charge in [-0.15, -0.1) is 0 Å². The molecule has 0 bridgehead atoms. The van der Waals surface area contributed by atoms with E-state index in [0.717, 1.165) is 0 Å². The van der Waals surface area contributed by atoms with E-state index in [1.165, 1.54) is 7.11 Å². The van der Waals surface area contributed by atoms with Crippen molar-refractivity contribution in [3.05, 3.63) is 47.0 Å². The number of phenols is 1. The summed E-state index contributed by atoms with van der Waals surface area (Å²) in [6.07, 6.45) is -0.904. The Morgan fingerprint density at radius 3 is 2.79 bits per heavy atom. The predicted octanol–water partition coefficient (Wildman–Crippen LogP) is 1.93. The average molecular weight is 328 g/mol. The topological polar surface area (TPSA) is 85.2 Å². The van der Waals surface area contributed by atoms with Gasteiger partial charge in [0.2, 0.25) is 5.78 Å². The Hall–Kier alpha value is -2.73. The molecule has 2 atom stereocenters. The van der Waals surface area contributed by atoms with Crippen LogP contribution in [0.15, 0.2) is 30.3 Å². The molecule has 0 aliphatic carbocycles. The largest absolute Gasteiger partial charge is 0.507 e. The molecule has 24 heavy (non-hydrogen) atoms. The molecule has 2 aromatic rings. The molecule has 6 heteroatoms. The molecule has 0 unspecified atom stereocenters. The Morgan fingerprint density at radius 1 is 1.29 bits per heavy atom. The number of carbonyl (C=O) groups is 1. The smallest absolute Gasteiger partial charge is 0.210 e. The Balaban J connectivity index is 1.96. The molecular weight excluding hydrogens is 312 g/mol. The van der Waals surface area contributed by atoms with Gasteiger partial charge in [0.15, 0.2) is 11.7 Å².